The quantitative estimate of drug-likeness (QED) is 0.364. The first kappa shape index (κ1) is 12.3. The first-order chi connectivity index (χ1) is 6.00. The third-order valence-corrected chi connectivity index (χ3v) is 1.39. The fraction of sp³-hybridized carbons (Fsp3) is 0.857. The summed E-state index contributed by atoms with van der Waals surface area (Å²) in [4.78, 5) is 10.8. The van der Waals surface area contributed by atoms with Gasteiger partial charge in [-0.25, -0.2) is 4.79 Å². The van der Waals surface area contributed by atoms with Gasteiger partial charge in [0.25, 0.3) is 0 Å². The van der Waals surface area contributed by atoms with Crippen LogP contribution in [-0.2, 0) is 9.53 Å². The SMILES string of the molecule is CC(O)C(O)C(O)C(=O)OCCO. The fourth-order valence-corrected chi connectivity index (χ4v) is 0.635. The molecule has 0 heterocycles. The minimum absolute atomic E-state index is 0.248. The van der Waals surface area contributed by atoms with Crippen LogP contribution in [0.3, 0.4) is 0 Å². The molecule has 78 valence electrons. The molecule has 0 aliphatic heterocycles. The number of ether oxygens (including phenoxy) is 1. The Morgan fingerprint density at radius 1 is 1.38 bits per heavy atom. The zero-order valence-corrected chi connectivity index (χ0v) is 7.25. The average Bonchev–Trinajstić information content (AvgIpc) is 2.11. The van der Waals surface area contributed by atoms with Crippen molar-refractivity contribution in [1.82, 2.24) is 0 Å². The van der Waals surface area contributed by atoms with E-state index in [4.69, 9.17) is 20.4 Å². The van der Waals surface area contributed by atoms with Crippen LogP contribution in [0.2, 0.25) is 0 Å². The molecule has 0 amide bonds. The lowest BCUT2D eigenvalue weighted by Gasteiger charge is -2.18. The summed E-state index contributed by atoms with van der Waals surface area (Å²) < 4.78 is 4.31. The number of aliphatic hydroxyl groups excluding tert-OH is 4. The van der Waals surface area contributed by atoms with E-state index >= 15 is 0 Å². The summed E-state index contributed by atoms with van der Waals surface area (Å²) in [5.74, 6) is -1.07. The molecule has 3 unspecified atom stereocenters. The number of carbonyl (C=O) groups excluding carboxylic acids is 1. The lowest BCUT2D eigenvalue weighted by molar-refractivity contribution is -0.165. The van der Waals surface area contributed by atoms with Crippen molar-refractivity contribution in [2.24, 2.45) is 0 Å². The predicted molar refractivity (Wildman–Crippen MR) is 41.7 cm³/mol. The highest BCUT2D eigenvalue weighted by atomic mass is 16.6. The van der Waals surface area contributed by atoms with Gasteiger partial charge in [-0.2, -0.15) is 0 Å². The zero-order chi connectivity index (χ0) is 10.4. The number of rotatable bonds is 5. The third-order valence-electron chi connectivity index (χ3n) is 1.39. The molecule has 4 N–H and O–H groups in total. The van der Waals surface area contributed by atoms with Crippen LogP contribution in [0.15, 0.2) is 0 Å². The lowest BCUT2D eigenvalue weighted by atomic mass is 10.1. The standard InChI is InChI=1S/C7H14O6/c1-4(9)5(10)6(11)7(12)13-3-2-8/h4-6,8-11H,2-3H2,1H3. The minimum atomic E-state index is -1.79. The van der Waals surface area contributed by atoms with Gasteiger partial charge in [0.1, 0.15) is 12.7 Å². The molecular weight excluding hydrogens is 180 g/mol. The number of esters is 1. The van der Waals surface area contributed by atoms with E-state index in [0.29, 0.717) is 0 Å². The molecule has 6 nitrogen and oxygen atoms in total. The smallest absolute Gasteiger partial charge is 0.337 e. The number of hydrogen-bond donors (Lipinski definition) is 4. The fourth-order valence-electron chi connectivity index (χ4n) is 0.635. The zero-order valence-electron chi connectivity index (χ0n) is 7.25. The number of hydrogen-bond acceptors (Lipinski definition) is 6. The molecule has 3 atom stereocenters. The number of aliphatic hydroxyl groups is 4. The van der Waals surface area contributed by atoms with Gasteiger partial charge in [-0.3, -0.25) is 0 Å². The average molecular weight is 194 g/mol. The van der Waals surface area contributed by atoms with E-state index in [2.05, 4.69) is 4.74 Å². The third kappa shape index (κ3) is 4.18. The van der Waals surface area contributed by atoms with Gasteiger partial charge in [0.2, 0.25) is 0 Å². The van der Waals surface area contributed by atoms with Crippen molar-refractivity contribution in [3.63, 3.8) is 0 Å². The molecule has 6 heteroatoms. The van der Waals surface area contributed by atoms with Crippen molar-refractivity contribution in [3.05, 3.63) is 0 Å². The Morgan fingerprint density at radius 2 is 1.92 bits per heavy atom. The van der Waals surface area contributed by atoms with Crippen LogP contribution in [0, 0.1) is 0 Å². The van der Waals surface area contributed by atoms with Crippen molar-refractivity contribution in [2.45, 2.75) is 25.2 Å². The second kappa shape index (κ2) is 5.87. The molecule has 0 spiro atoms. The highest BCUT2D eigenvalue weighted by Crippen LogP contribution is 2.01. The van der Waals surface area contributed by atoms with Crippen molar-refractivity contribution < 1.29 is 30.0 Å². The molecular formula is C7H14O6. The van der Waals surface area contributed by atoms with Gasteiger partial charge in [0.15, 0.2) is 6.10 Å². The second-order valence-corrected chi connectivity index (χ2v) is 2.57. The van der Waals surface area contributed by atoms with Crippen LogP contribution >= 0.6 is 0 Å². The Morgan fingerprint density at radius 3 is 2.31 bits per heavy atom. The summed E-state index contributed by atoms with van der Waals surface area (Å²) >= 11 is 0. The van der Waals surface area contributed by atoms with E-state index in [1.807, 2.05) is 0 Å². The molecule has 13 heavy (non-hydrogen) atoms. The van der Waals surface area contributed by atoms with Crippen LogP contribution in [0.1, 0.15) is 6.92 Å². The lowest BCUT2D eigenvalue weighted by Crippen LogP contribution is -2.42. The Kier molecular flexibility index (Phi) is 5.56. The summed E-state index contributed by atoms with van der Waals surface area (Å²) in [6.45, 7) is 0.624. The van der Waals surface area contributed by atoms with E-state index in [0.717, 1.165) is 0 Å². The monoisotopic (exact) mass is 194 g/mol. The summed E-state index contributed by atoms with van der Waals surface area (Å²) in [7, 11) is 0. The minimum Gasteiger partial charge on any atom is -0.461 e. The summed E-state index contributed by atoms with van der Waals surface area (Å²) in [6.07, 6.45) is -4.59. The van der Waals surface area contributed by atoms with Gasteiger partial charge in [0, 0.05) is 0 Å². The topological polar surface area (TPSA) is 107 Å². The molecule has 0 aromatic rings. The van der Waals surface area contributed by atoms with E-state index in [-0.39, 0.29) is 13.2 Å². The largest absolute Gasteiger partial charge is 0.461 e. The van der Waals surface area contributed by atoms with E-state index < -0.39 is 24.3 Å². The van der Waals surface area contributed by atoms with Crippen molar-refractivity contribution in [2.75, 3.05) is 13.2 Å². The van der Waals surface area contributed by atoms with E-state index in [1.165, 1.54) is 6.92 Å². The normalized spacial score (nSPS) is 17.6. The summed E-state index contributed by atoms with van der Waals surface area (Å²) in [5, 5.41) is 35.1. The first-order valence-corrected chi connectivity index (χ1v) is 3.82. The molecule has 0 rings (SSSR count). The highest BCUT2D eigenvalue weighted by molar-refractivity contribution is 5.75. The van der Waals surface area contributed by atoms with Crippen molar-refractivity contribution >= 4 is 5.97 Å². The Bertz CT molecular complexity index is 157. The Balaban J connectivity index is 3.94. The first-order valence-electron chi connectivity index (χ1n) is 3.82. The summed E-state index contributed by atoms with van der Waals surface area (Å²) in [5.41, 5.74) is 0. The summed E-state index contributed by atoms with van der Waals surface area (Å²) in [6, 6.07) is 0. The number of carbonyl (C=O) groups is 1. The molecule has 0 aromatic carbocycles. The van der Waals surface area contributed by atoms with Gasteiger partial charge in [-0.1, -0.05) is 0 Å². The maximum Gasteiger partial charge on any atom is 0.337 e. The van der Waals surface area contributed by atoms with Gasteiger partial charge in [-0.15, -0.1) is 0 Å². The Labute approximate surface area is 75.4 Å². The van der Waals surface area contributed by atoms with E-state index in [9.17, 15) is 4.79 Å². The van der Waals surface area contributed by atoms with Crippen LogP contribution in [0.25, 0.3) is 0 Å². The maximum absolute atomic E-state index is 10.8. The molecule has 0 aromatic heterocycles. The highest BCUT2D eigenvalue weighted by Gasteiger charge is 2.28. The van der Waals surface area contributed by atoms with Gasteiger partial charge in [-0.05, 0) is 6.92 Å². The molecule has 0 radical (unpaired) electrons. The van der Waals surface area contributed by atoms with Crippen molar-refractivity contribution in [1.29, 1.82) is 0 Å². The molecule has 0 aliphatic rings. The molecule has 0 aliphatic carbocycles. The predicted octanol–water partition coefficient (Wildman–Crippen LogP) is -2.38. The molecule has 0 saturated heterocycles. The molecule has 0 bridgehead atoms. The van der Waals surface area contributed by atoms with Crippen LogP contribution in [-0.4, -0.2) is 57.9 Å². The van der Waals surface area contributed by atoms with Crippen molar-refractivity contribution in [3.8, 4) is 0 Å². The Hall–Kier alpha value is -0.690. The van der Waals surface area contributed by atoms with Crippen LogP contribution < -0.4 is 0 Å². The van der Waals surface area contributed by atoms with Crippen LogP contribution in [0.5, 0.6) is 0 Å². The van der Waals surface area contributed by atoms with Gasteiger partial charge >= 0.3 is 5.97 Å². The second-order valence-electron chi connectivity index (χ2n) is 2.57. The molecule has 0 fully saturated rings. The molecule has 0 saturated carbocycles. The van der Waals surface area contributed by atoms with E-state index in [1.54, 1.807) is 0 Å². The van der Waals surface area contributed by atoms with Gasteiger partial charge in [0.05, 0.1) is 12.7 Å². The van der Waals surface area contributed by atoms with Crippen LogP contribution in [0.4, 0.5) is 0 Å². The van der Waals surface area contributed by atoms with Gasteiger partial charge < -0.3 is 25.2 Å². The maximum atomic E-state index is 10.8.